The minimum Gasteiger partial charge on any atom is -0.504 e. The number of amides is 1. The van der Waals surface area contributed by atoms with Crippen LogP contribution in [-0.4, -0.2) is 54.0 Å². The van der Waals surface area contributed by atoms with Crippen molar-refractivity contribution in [3.05, 3.63) is 77.9 Å². The van der Waals surface area contributed by atoms with E-state index < -0.39 is 0 Å². The third kappa shape index (κ3) is 4.14. The van der Waals surface area contributed by atoms with Gasteiger partial charge in [-0.05, 0) is 48.7 Å². The number of anilines is 2. The number of hydrogen-bond acceptors (Lipinski definition) is 5. The van der Waals surface area contributed by atoms with Gasteiger partial charge in [-0.3, -0.25) is 9.69 Å². The van der Waals surface area contributed by atoms with E-state index in [9.17, 15) is 9.90 Å². The van der Waals surface area contributed by atoms with E-state index in [2.05, 4.69) is 40.1 Å². The highest BCUT2D eigenvalue weighted by Gasteiger charge is 2.34. The smallest absolute Gasteiger partial charge is 0.253 e. The van der Waals surface area contributed by atoms with Crippen LogP contribution >= 0.6 is 0 Å². The topological polar surface area (TPSA) is 56.3 Å². The Balaban J connectivity index is 1.43. The van der Waals surface area contributed by atoms with Crippen molar-refractivity contribution in [2.45, 2.75) is 25.4 Å². The van der Waals surface area contributed by atoms with Crippen LogP contribution in [0.3, 0.4) is 0 Å². The van der Waals surface area contributed by atoms with Crippen LogP contribution in [0.5, 0.6) is 17.2 Å². The van der Waals surface area contributed by atoms with E-state index in [1.54, 1.807) is 31.1 Å². The molecule has 33 heavy (non-hydrogen) atoms. The predicted molar refractivity (Wildman–Crippen MR) is 130 cm³/mol. The largest absolute Gasteiger partial charge is 0.504 e. The monoisotopic (exact) mass is 443 g/mol. The van der Waals surface area contributed by atoms with Crippen LogP contribution in [0.4, 0.5) is 11.4 Å². The van der Waals surface area contributed by atoms with Crippen LogP contribution in [0.1, 0.15) is 28.8 Å². The minimum absolute atomic E-state index is 0.0785. The summed E-state index contributed by atoms with van der Waals surface area (Å²) in [5, 5.41) is 10.5. The van der Waals surface area contributed by atoms with E-state index >= 15 is 0 Å². The molecule has 0 aliphatic carbocycles. The molecule has 6 heteroatoms. The van der Waals surface area contributed by atoms with Gasteiger partial charge in [0.05, 0.1) is 11.4 Å². The van der Waals surface area contributed by atoms with Gasteiger partial charge in [0.15, 0.2) is 17.2 Å². The van der Waals surface area contributed by atoms with Crippen molar-refractivity contribution < 1.29 is 14.6 Å². The van der Waals surface area contributed by atoms with Crippen molar-refractivity contribution in [1.82, 2.24) is 9.80 Å². The second kappa shape index (κ2) is 8.79. The number of piperidine rings is 1. The average molecular weight is 444 g/mol. The standard InChI is InChI=1S/C27H29N3O3/c1-28(2)27(32)20-11-12-22-25(17-20)33-26-23(9-6-10-24(26)31)30(22)21-13-15-29(16-14-21)18-19-7-4-3-5-8-19/h3-12,17,21,31H,13-16,18H2,1-2H3. The number of rotatable bonds is 4. The predicted octanol–water partition coefficient (Wildman–Crippen LogP) is 5.00. The van der Waals surface area contributed by atoms with Gasteiger partial charge in [0.25, 0.3) is 5.91 Å². The van der Waals surface area contributed by atoms with Gasteiger partial charge in [-0.1, -0.05) is 36.4 Å². The fraction of sp³-hybridized carbons (Fsp3) is 0.296. The molecule has 3 aromatic rings. The Morgan fingerprint density at radius 1 is 1.00 bits per heavy atom. The number of likely N-dealkylation sites (tertiary alicyclic amines) is 1. The molecule has 0 bridgehead atoms. The van der Waals surface area contributed by atoms with Crippen molar-refractivity contribution in [2.75, 3.05) is 32.1 Å². The van der Waals surface area contributed by atoms with Crippen molar-refractivity contribution in [1.29, 1.82) is 0 Å². The summed E-state index contributed by atoms with van der Waals surface area (Å²) in [6, 6.07) is 21.9. The number of benzene rings is 3. The number of para-hydroxylation sites is 1. The van der Waals surface area contributed by atoms with Crippen molar-refractivity contribution in [3.8, 4) is 17.2 Å². The summed E-state index contributed by atoms with van der Waals surface area (Å²) in [5.74, 6) is 1.08. The normalized spacial score (nSPS) is 16.0. The maximum absolute atomic E-state index is 12.5. The molecule has 5 rings (SSSR count). The molecule has 0 radical (unpaired) electrons. The van der Waals surface area contributed by atoms with Crippen LogP contribution < -0.4 is 9.64 Å². The number of nitrogens with zero attached hydrogens (tertiary/aromatic N) is 3. The van der Waals surface area contributed by atoms with Gasteiger partial charge in [-0.15, -0.1) is 0 Å². The molecule has 2 aliphatic rings. The van der Waals surface area contributed by atoms with E-state index in [4.69, 9.17) is 4.74 Å². The first-order valence-corrected chi connectivity index (χ1v) is 11.4. The third-order valence-corrected chi connectivity index (χ3v) is 6.49. The first kappa shape index (κ1) is 21.3. The van der Waals surface area contributed by atoms with Gasteiger partial charge in [-0.25, -0.2) is 0 Å². The molecule has 0 atom stereocenters. The lowest BCUT2D eigenvalue weighted by Crippen LogP contribution is -2.43. The highest BCUT2D eigenvalue weighted by atomic mass is 16.5. The number of phenolic OH excluding ortho intramolecular Hbond substituents is 1. The Kier molecular flexibility index (Phi) is 5.68. The number of phenols is 1. The summed E-state index contributed by atoms with van der Waals surface area (Å²) in [5.41, 5.74) is 3.71. The number of fused-ring (bicyclic) bond motifs is 2. The molecule has 2 heterocycles. The summed E-state index contributed by atoms with van der Waals surface area (Å²) >= 11 is 0. The number of carbonyl (C=O) groups is 1. The minimum atomic E-state index is -0.0785. The van der Waals surface area contributed by atoms with E-state index in [1.165, 1.54) is 5.56 Å². The summed E-state index contributed by atoms with van der Waals surface area (Å²) in [7, 11) is 3.47. The third-order valence-electron chi connectivity index (χ3n) is 6.49. The van der Waals surface area contributed by atoms with Crippen LogP contribution in [0.2, 0.25) is 0 Å². The molecule has 6 nitrogen and oxygen atoms in total. The van der Waals surface area contributed by atoms with Crippen molar-refractivity contribution in [2.24, 2.45) is 0 Å². The maximum Gasteiger partial charge on any atom is 0.253 e. The molecule has 0 aromatic heterocycles. The summed E-state index contributed by atoms with van der Waals surface area (Å²) in [6.07, 6.45) is 2.00. The van der Waals surface area contributed by atoms with E-state index in [1.807, 2.05) is 24.3 Å². The van der Waals surface area contributed by atoms with Gasteiger partial charge in [0.2, 0.25) is 0 Å². The van der Waals surface area contributed by atoms with Crippen LogP contribution in [0.15, 0.2) is 66.7 Å². The molecule has 3 aromatic carbocycles. The van der Waals surface area contributed by atoms with Gasteiger partial charge in [-0.2, -0.15) is 0 Å². The fourth-order valence-electron chi connectivity index (χ4n) is 4.80. The SMILES string of the molecule is CN(C)C(=O)c1ccc2c(c1)Oc1c(O)cccc1N2C1CCN(Cc2ccccc2)CC1. The van der Waals surface area contributed by atoms with E-state index in [0.717, 1.165) is 43.9 Å². The highest BCUT2D eigenvalue weighted by Crippen LogP contribution is 2.52. The molecule has 1 fully saturated rings. The maximum atomic E-state index is 12.5. The first-order chi connectivity index (χ1) is 16.0. The molecular formula is C27H29N3O3. The molecule has 0 saturated carbocycles. The highest BCUT2D eigenvalue weighted by molar-refractivity contribution is 5.96. The lowest BCUT2D eigenvalue weighted by atomic mass is 9.98. The molecule has 0 spiro atoms. The lowest BCUT2D eigenvalue weighted by molar-refractivity contribution is 0.0827. The second-order valence-corrected chi connectivity index (χ2v) is 8.97. The van der Waals surface area contributed by atoms with Gasteiger partial charge in [0, 0.05) is 45.3 Å². The van der Waals surface area contributed by atoms with E-state index in [-0.39, 0.29) is 17.7 Å². The molecule has 1 saturated heterocycles. The lowest BCUT2D eigenvalue weighted by Gasteiger charge is -2.42. The van der Waals surface area contributed by atoms with Gasteiger partial charge in [0.1, 0.15) is 0 Å². The Hall–Kier alpha value is -3.51. The number of aromatic hydroxyl groups is 1. The summed E-state index contributed by atoms with van der Waals surface area (Å²) < 4.78 is 6.13. The number of ether oxygens (including phenoxy) is 1. The van der Waals surface area contributed by atoms with Crippen LogP contribution in [0, 0.1) is 0 Å². The zero-order valence-corrected chi connectivity index (χ0v) is 19.1. The zero-order valence-electron chi connectivity index (χ0n) is 19.1. The van der Waals surface area contributed by atoms with Gasteiger partial charge >= 0.3 is 0 Å². The summed E-state index contributed by atoms with van der Waals surface area (Å²) in [4.78, 5) is 18.9. The average Bonchev–Trinajstić information content (AvgIpc) is 2.83. The second-order valence-electron chi connectivity index (χ2n) is 8.97. The van der Waals surface area contributed by atoms with Crippen LogP contribution in [-0.2, 0) is 6.54 Å². The molecule has 1 amide bonds. The van der Waals surface area contributed by atoms with Crippen LogP contribution in [0.25, 0.3) is 0 Å². The fourth-order valence-corrected chi connectivity index (χ4v) is 4.80. The molecule has 0 unspecified atom stereocenters. The Bertz CT molecular complexity index is 1150. The Morgan fingerprint density at radius 2 is 1.76 bits per heavy atom. The van der Waals surface area contributed by atoms with Crippen molar-refractivity contribution >= 4 is 17.3 Å². The summed E-state index contributed by atoms with van der Waals surface area (Å²) in [6.45, 7) is 2.95. The number of carbonyl (C=O) groups excluding carboxylic acids is 1. The quantitative estimate of drug-likeness (QED) is 0.615. The first-order valence-electron chi connectivity index (χ1n) is 11.4. The van der Waals surface area contributed by atoms with Gasteiger partial charge < -0.3 is 19.6 Å². The van der Waals surface area contributed by atoms with Crippen molar-refractivity contribution in [3.63, 3.8) is 0 Å². The number of hydrogen-bond donors (Lipinski definition) is 1. The molecule has 1 N–H and O–H groups in total. The molecule has 2 aliphatic heterocycles. The molecular weight excluding hydrogens is 414 g/mol. The molecule has 170 valence electrons. The van der Waals surface area contributed by atoms with E-state index in [0.29, 0.717) is 17.1 Å². The zero-order chi connectivity index (χ0) is 22.9. The Labute approximate surface area is 194 Å². The Morgan fingerprint density at radius 3 is 2.48 bits per heavy atom.